The summed E-state index contributed by atoms with van der Waals surface area (Å²) in [6, 6.07) is 0. The number of alkyl halides is 3. The van der Waals surface area contributed by atoms with E-state index in [0.717, 1.165) is 23.6 Å². The highest BCUT2D eigenvalue weighted by Crippen LogP contribution is 2.39. The average Bonchev–Trinajstić information content (AvgIpc) is 2.82. The lowest BCUT2D eigenvalue weighted by atomic mass is 9.77. The van der Waals surface area contributed by atoms with E-state index in [1.807, 2.05) is 6.08 Å². The SMILES string of the molecule is C=C1CCC(C#CC)(CC2=CC(C)C=C(C(F)(F)F)C=C2)C(OC)=NC1. The highest BCUT2D eigenvalue weighted by molar-refractivity contribution is 5.87. The molecule has 0 aromatic rings. The smallest absolute Gasteiger partial charge is 0.416 e. The fourth-order valence-corrected chi connectivity index (χ4v) is 3.37. The van der Waals surface area contributed by atoms with E-state index in [4.69, 9.17) is 4.74 Å². The van der Waals surface area contributed by atoms with Crippen LogP contribution in [0.5, 0.6) is 0 Å². The molecule has 0 saturated carbocycles. The maximum Gasteiger partial charge on any atom is 0.416 e. The summed E-state index contributed by atoms with van der Waals surface area (Å²) in [6.45, 7) is 7.99. The molecule has 0 N–H and O–H groups in total. The van der Waals surface area contributed by atoms with Crippen LogP contribution in [0.1, 0.15) is 33.1 Å². The van der Waals surface area contributed by atoms with Crippen molar-refractivity contribution in [2.45, 2.75) is 39.3 Å². The molecule has 2 atom stereocenters. The van der Waals surface area contributed by atoms with E-state index in [1.54, 1.807) is 21.0 Å². The van der Waals surface area contributed by atoms with Gasteiger partial charge in [0.1, 0.15) is 5.41 Å². The molecular formula is C21H24F3NO. The Bertz CT molecular complexity index is 743. The quantitative estimate of drug-likeness (QED) is 0.475. The Morgan fingerprint density at radius 2 is 2.08 bits per heavy atom. The zero-order valence-electron chi connectivity index (χ0n) is 15.4. The minimum atomic E-state index is -4.35. The van der Waals surface area contributed by atoms with Gasteiger partial charge in [0.05, 0.1) is 19.2 Å². The van der Waals surface area contributed by atoms with Gasteiger partial charge in [-0.3, -0.25) is 0 Å². The lowest BCUT2D eigenvalue weighted by Crippen LogP contribution is -2.31. The fraction of sp³-hybridized carbons (Fsp3) is 0.476. The van der Waals surface area contributed by atoms with Gasteiger partial charge in [-0.25, -0.2) is 4.99 Å². The minimum Gasteiger partial charge on any atom is -0.483 e. The van der Waals surface area contributed by atoms with Gasteiger partial charge in [0.2, 0.25) is 5.90 Å². The van der Waals surface area contributed by atoms with Crippen LogP contribution in [-0.2, 0) is 4.74 Å². The van der Waals surface area contributed by atoms with Crippen molar-refractivity contribution in [1.29, 1.82) is 0 Å². The molecule has 0 aromatic carbocycles. The second-order valence-corrected chi connectivity index (χ2v) is 6.76. The Labute approximate surface area is 153 Å². The van der Waals surface area contributed by atoms with E-state index in [1.165, 1.54) is 12.2 Å². The number of methoxy groups -OCH3 is 1. The van der Waals surface area contributed by atoms with E-state index >= 15 is 0 Å². The van der Waals surface area contributed by atoms with Crippen LogP contribution in [-0.4, -0.2) is 25.7 Å². The number of rotatable bonds is 2. The summed E-state index contributed by atoms with van der Waals surface area (Å²) in [6.07, 6.45) is 3.30. The van der Waals surface area contributed by atoms with Crippen molar-refractivity contribution in [3.05, 3.63) is 47.6 Å². The van der Waals surface area contributed by atoms with Gasteiger partial charge in [-0.2, -0.15) is 13.2 Å². The van der Waals surface area contributed by atoms with Crippen molar-refractivity contribution in [1.82, 2.24) is 0 Å². The van der Waals surface area contributed by atoms with E-state index < -0.39 is 17.2 Å². The number of nitrogens with zero attached hydrogens (tertiary/aromatic N) is 1. The summed E-state index contributed by atoms with van der Waals surface area (Å²) in [4.78, 5) is 4.51. The van der Waals surface area contributed by atoms with Crippen LogP contribution in [0.25, 0.3) is 0 Å². The average molecular weight is 363 g/mol. The van der Waals surface area contributed by atoms with Gasteiger partial charge in [-0.15, -0.1) is 5.92 Å². The zero-order valence-corrected chi connectivity index (χ0v) is 15.4. The first-order valence-corrected chi connectivity index (χ1v) is 8.57. The van der Waals surface area contributed by atoms with Crippen LogP contribution in [0.2, 0.25) is 0 Å². The molecule has 2 rings (SSSR count). The predicted molar refractivity (Wildman–Crippen MR) is 98.7 cm³/mol. The van der Waals surface area contributed by atoms with Gasteiger partial charge in [-0.1, -0.05) is 49.3 Å². The summed E-state index contributed by atoms with van der Waals surface area (Å²) in [5, 5.41) is 0. The van der Waals surface area contributed by atoms with Gasteiger partial charge in [0.25, 0.3) is 0 Å². The largest absolute Gasteiger partial charge is 0.483 e. The highest BCUT2D eigenvalue weighted by Gasteiger charge is 2.38. The van der Waals surface area contributed by atoms with Gasteiger partial charge in [0.15, 0.2) is 0 Å². The fourth-order valence-electron chi connectivity index (χ4n) is 3.37. The first-order valence-electron chi connectivity index (χ1n) is 8.57. The number of halogens is 3. The van der Waals surface area contributed by atoms with Gasteiger partial charge in [0, 0.05) is 0 Å². The molecule has 5 heteroatoms. The van der Waals surface area contributed by atoms with E-state index in [-0.39, 0.29) is 5.92 Å². The molecule has 1 aliphatic heterocycles. The number of allylic oxidation sites excluding steroid dienone is 6. The number of aliphatic imine (C=N–C) groups is 1. The molecule has 1 heterocycles. The van der Waals surface area contributed by atoms with Crippen LogP contribution in [0.4, 0.5) is 13.2 Å². The summed E-state index contributed by atoms with van der Waals surface area (Å²) < 4.78 is 44.8. The Hall–Kier alpha value is -2.22. The second kappa shape index (κ2) is 7.99. The standard InChI is InChI=1S/C21H24F3NO/c1-5-9-20(10-8-15(2)14-25-19(20)26-4)13-17-6-7-18(21(22,23)24)12-16(3)11-17/h6-7,11-12,16H,2,8,10,13-14H2,1,3-4H3. The Morgan fingerprint density at radius 1 is 1.35 bits per heavy atom. The third-order valence-corrected chi connectivity index (χ3v) is 4.55. The molecule has 2 nitrogen and oxygen atoms in total. The van der Waals surface area contributed by atoms with E-state index in [0.29, 0.717) is 25.3 Å². The van der Waals surface area contributed by atoms with Crippen molar-refractivity contribution in [2.24, 2.45) is 16.3 Å². The van der Waals surface area contributed by atoms with Gasteiger partial charge < -0.3 is 4.74 Å². The summed E-state index contributed by atoms with van der Waals surface area (Å²) in [5.41, 5.74) is 0.524. The Balaban J connectivity index is 2.39. The number of hydrogen-bond acceptors (Lipinski definition) is 2. The zero-order chi connectivity index (χ0) is 19.4. The molecule has 0 bridgehead atoms. The maximum atomic E-state index is 13.1. The first kappa shape index (κ1) is 20.1. The molecule has 0 aromatic heterocycles. The van der Waals surface area contributed by atoms with Crippen molar-refractivity contribution >= 4 is 5.90 Å². The molecule has 0 saturated heterocycles. The molecule has 0 radical (unpaired) electrons. The van der Waals surface area contributed by atoms with Crippen molar-refractivity contribution < 1.29 is 17.9 Å². The lowest BCUT2D eigenvalue weighted by molar-refractivity contribution is -0.0885. The summed E-state index contributed by atoms with van der Waals surface area (Å²) in [7, 11) is 1.56. The summed E-state index contributed by atoms with van der Waals surface area (Å²) in [5.74, 6) is 6.37. The van der Waals surface area contributed by atoms with Gasteiger partial charge >= 0.3 is 6.18 Å². The molecule has 1 aliphatic carbocycles. The van der Waals surface area contributed by atoms with Crippen molar-refractivity contribution in [3.8, 4) is 11.8 Å². The Kier molecular flexibility index (Phi) is 6.17. The van der Waals surface area contributed by atoms with E-state index in [2.05, 4.69) is 23.4 Å². The lowest BCUT2D eigenvalue weighted by Gasteiger charge is -2.28. The van der Waals surface area contributed by atoms with E-state index in [9.17, 15) is 13.2 Å². The van der Waals surface area contributed by atoms with Gasteiger partial charge in [-0.05, 0) is 37.7 Å². The van der Waals surface area contributed by atoms with Crippen molar-refractivity contribution in [2.75, 3.05) is 13.7 Å². The van der Waals surface area contributed by atoms with Crippen LogP contribution >= 0.6 is 0 Å². The molecule has 2 unspecified atom stereocenters. The van der Waals surface area contributed by atoms with Crippen molar-refractivity contribution in [3.63, 3.8) is 0 Å². The maximum absolute atomic E-state index is 13.1. The molecule has 0 spiro atoms. The highest BCUT2D eigenvalue weighted by atomic mass is 19.4. The molecule has 26 heavy (non-hydrogen) atoms. The second-order valence-electron chi connectivity index (χ2n) is 6.76. The van der Waals surface area contributed by atoms with Crippen LogP contribution in [0, 0.1) is 23.2 Å². The monoisotopic (exact) mass is 363 g/mol. The number of ether oxygens (including phenoxy) is 1. The van der Waals surface area contributed by atoms with Crippen LogP contribution in [0.15, 0.2) is 52.6 Å². The van der Waals surface area contributed by atoms with Crippen LogP contribution < -0.4 is 0 Å². The minimum absolute atomic E-state index is 0.327. The third kappa shape index (κ3) is 4.69. The molecule has 2 aliphatic rings. The summed E-state index contributed by atoms with van der Waals surface area (Å²) >= 11 is 0. The van der Waals surface area contributed by atoms with Crippen LogP contribution in [0.3, 0.4) is 0 Å². The normalized spacial score (nSPS) is 26.6. The predicted octanol–water partition coefficient (Wildman–Crippen LogP) is 5.40. The molecular weight excluding hydrogens is 339 g/mol. The molecule has 0 fully saturated rings. The third-order valence-electron chi connectivity index (χ3n) is 4.55. The Morgan fingerprint density at radius 3 is 2.69 bits per heavy atom. The molecule has 0 amide bonds. The molecule has 140 valence electrons. The first-order chi connectivity index (χ1) is 12.2. The topological polar surface area (TPSA) is 21.6 Å². The number of hydrogen-bond donors (Lipinski definition) is 0.